The molecule has 114 valence electrons. The van der Waals surface area contributed by atoms with Gasteiger partial charge in [0.2, 0.25) is 0 Å². The fourth-order valence-electron chi connectivity index (χ4n) is 1.54. The number of nitrogens with zero attached hydrogens (tertiary/aromatic N) is 2. The van der Waals surface area contributed by atoms with Crippen LogP contribution in [-0.2, 0) is 0 Å². The summed E-state index contributed by atoms with van der Waals surface area (Å²) in [6, 6.07) is 4.92. The van der Waals surface area contributed by atoms with Crippen LogP contribution in [0.15, 0.2) is 38.4 Å². The molecular weight excluding hydrogens is 418 g/mol. The van der Waals surface area contributed by atoms with Gasteiger partial charge in [-0.25, -0.2) is 5.43 Å². The van der Waals surface area contributed by atoms with Crippen molar-refractivity contribution in [2.24, 2.45) is 5.10 Å². The van der Waals surface area contributed by atoms with Gasteiger partial charge < -0.3 is 10.2 Å². The quantitative estimate of drug-likeness (QED) is 0.397. The molecule has 3 N–H and O–H groups in total. The zero-order valence-corrected chi connectivity index (χ0v) is 14.5. The maximum Gasteiger partial charge on any atom is 0.272 e. The number of phenolic OH excluding ortho intramolecular Hbond substituents is 2. The number of nitrogens with one attached hydrogen (secondary N) is 1. The second-order valence-electron chi connectivity index (χ2n) is 4.35. The molecule has 2 rings (SSSR count). The summed E-state index contributed by atoms with van der Waals surface area (Å²) in [5.41, 5.74) is 4.03. The molecule has 1 amide bonds. The van der Waals surface area contributed by atoms with Crippen molar-refractivity contribution in [2.45, 2.75) is 6.92 Å². The maximum absolute atomic E-state index is 11.8. The van der Waals surface area contributed by atoms with Gasteiger partial charge in [0.1, 0.15) is 0 Å². The van der Waals surface area contributed by atoms with Crippen molar-refractivity contribution < 1.29 is 15.0 Å². The topological polar surface area (TPSA) is 94.8 Å². The molecule has 1 aromatic heterocycles. The van der Waals surface area contributed by atoms with Crippen LogP contribution in [0.25, 0.3) is 0 Å². The van der Waals surface area contributed by atoms with E-state index in [2.05, 4.69) is 47.4 Å². The number of rotatable bonds is 3. The number of hydrogen-bond acceptors (Lipinski definition) is 5. The summed E-state index contributed by atoms with van der Waals surface area (Å²) in [7, 11) is 0. The third kappa shape index (κ3) is 3.63. The Bertz CT molecular complexity index is 746. The van der Waals surface area contributed by atoms with Gasteiger partial charge in [-0.3, -0.25) is 9.78 Å². The number of amides is 1. The van der Waals surface area contributed by atoms with Crippen LogP contribution in [0.4, 0.5) is 0 Å². The van der Waals surface area contributed by atoms with Gasteiger partial charge in [0.05, 0.1) is 20.7 Å². The molecule has 2 aromatic rings. The molecule has 0 saturated heterocycles. The minimum atomic E-state index is -0.401. The summed E-state index contributed by atoms with van der Waals surface area (Å²) in [6.45, 7) is 1.83. The highest BCUT2D eigenvalue weighted by Gasteiger charge is 2.13. The van der Waals surface area contributed by atoms with Crippen LogP contribution in [-0.4, -0.2) is 27.3 Å². The van der Waals surface area contributed by atoms with E-state index in [0.717, 1.165) is 5.69 Å². The molecule has 0 atom stereocenters. The first-order valence-electron chi connectivity index (χ1n) is 6.06. The predicted molar refractivity (Wildman–Crippen MR) is 89.2 cm³/mol. The molecule has 6 nitrogen and oxygen atoms in total. The molecule has 22 heavy (non-hydrogen) atoms. The number of aromatic nitrogens is 1. The first kappa shape index (κ1) is 16.4. The van der Waals surface area contributed by atoms with E-state index in [-0.39, 0.29) is 16.0 Å². The number of aryl methyl sites for hydroxylation is 1. The molecule has 0 bridgehead atoms. The van der Waals surface area contributed by atoms with Crippen molar-refractivity contribution in [1.29, 1.82) is 0 Å². The summed E-state index contributed by atoms with van der Waals surface area (Å²) in [5.74, 6) is -0.995. The number of phenols is 2. The van der Waals surface area contributed by atoms with Crippen LogP contribution >= 0.6 is 31.9 Å². The Labute approximate surface area is 143 Å². The van der Waals surface area contributed by atoms with Crippen molar-refractivity contribution >= 4 is 44.0 Å². The Morgan fingerprint density at radius 2 is 2.05 bits per heavy atom. The maximum atomic E-state index is 11.8. The Kier molecular flexibility index (Phi) is 5.15. The zero-order chi connectivity index (χ0) is 16.3. The van der Waals surface area contributed by atoms with Gasteiger partial charge in [0.25, 0.3) is 5.91 Å². The molecule has 0 fully saturated rings. The van der Waals surface area contributed by atoms with E-state index in [1.54, 1.807) is 18.2 Å². The van der Waals surface area contributed by atoms with Gasteiger partial charge in [-0.2, -0.15) is 5.10 Å². The molecular formula is C14H11Br2N3O3. The number of carbonyl (C=O) groups excluding carboxylic acids is 1. The van der Waals surface area contributed by atoms with Crippen LogP contribution in [0.3, 0.4) is 0 Å². The van der Waals surface area contributed by atoms with Gasteiger partial charge in [0, 0.05) is 17.5 Å². The average Bonchev–Trinajstić information content (AvgIpc) is 2.50. The molecule has 1 aromatic carbocycles. The molecule has 0 radical (unpaired) electrons. The Hall–Kier alpha value is -1.93. The van der Waals surface area contributed by atoms with E-state index in [1.165, 1.54) is 12.4 Å². The number of halogens is 2. The van der Waals surface area contributed by atoms with E-state index in [9.17, 15) is 15.0 Å². The van der Waals surface area contributed by atoms with E-state index in [0.29, 0.717) is 15.6 Å². The third-order valence-corrected chi connectivity index (χ3v) is 4.18. The highest BCUT2D eigenvalue weighted by atomic mass is 79.9. The fraction of sp³-hybridized carbons (Fsp3) is 0.0714. The molecule has 0 saturated carbocycles. The smallest absolute Gasteiger partial charge is 0.272 e. The Balaban J connectivity index is 2.13. The van der Waals surface area contributed by atoms with Crippen LogP contribution in [0.5, 0.6) is 11.5 Å². The lowest BCUT2D eigenvalue weighted by atomic mass is 10.2. The summed E-state index contributed by atoms with van der Waals surface area (Å²) < 4.78 is 0.576. The van der Waals surface area contributed by atoms with Crippen molar-refractivity contribution in [3.63, 3.8) is 0 Å². The number of benzene rings is 1. The van der Waals surface area contributed by atoms with Crippen LogP contribution in [0.2, 0.25) is 0 Å². The first-order valence-corrected chi connectivity index (χ1v) is 7.64. The Morgan fingerprint density at radius 1 is 1.32 bits per heavy atom. The van der Waals surface area contributed by atoms with Crippen LogP contribution < -0.4 is 5.43 Å². The molecule has 8 heteroatoms. The summed E-state index contributed by atoms with van der Waals surface area (Å²) >= 11 is 6.25. The molecule has 0 aliphatic heterocycles. The second kappa shape index (κ2) is 6.89. The minimum Gasteiger partial charge on any atom is -0.503 e. The van der Waals surface area contributed by atoms with Crippen LogP contribution in [0, 0.1) is 6.92 Å². The second-order valence-corrected chi connectivity index (χ2v) is 5.99. The normalized spacial score (nSPS) is 10.9. The predicted octanol–water partition coefficient (Wildman–Crippen LogP) is 3.09. The van der Waals surface area contributed by atoms with E-state index < -0.39 is 5.91 Å². The third-order valence-electron chi connectivity index (χ3n) is 2.74. The number of pyridine rings is 1. The lowest BCUT2D eigenvalue weighted by Crippen LogP contribution is -2.17. The van der Waals surface area contributed by atoms with Gasteiger partial charge in [-0.15, -0.1) is 0 Å². The highest BCUT2D eigenvalue weighted by molar-refractivity contribution is 9.11. The average molecular weight is 429 g/mol. The number of aromatic hydroxyl groups is 2. The van der Waals surface area contributed by atoms with E-state index in [1.807, 2.05) is 6.92 Å². The zero-order valence-electron chi connectivity index (χ0n) is 11.3. The van der Waals surface area contributed by atoms with E-state index in [4.69, 9.17) is 0 Å². The SMILES string of the molecule is Cc1ccc(C(=O)N/N=C/c2cc(Br)c(O)c(O)c2Br)cn1. The number of carbonyl (C=O) groups is 1. The first-order chi connectivity index (χ1) is 10.4. The minimum absolute atomic E-state index is 0.267. The molecule has 0 aliphatic rings. The fourth-order valence-corrected chi connectivity index (χ4v) is 2.38. The molecule has 0 aliphatic carbocycles. The molecule has 1 heterocycles. The molecule has 0 unspecified atom stereocenters. The highest BCUT2D eigenvalue weighted by Crippen LogP contribution is 2.40. The summed E-state index contributed by atoms with van der Waals surface area (Å²) in [6.07, 6.45) is 2.80. The lowest BCUT2D eigenvalue weighted by molar-refractivity contribution is 0.0955. The largest absolute Gasteiger partial charge is 0.503 e. The van der Waals surface area contributed by atoms with Gasteiger partial charge >= 0.3 is 0 Å². The summed E-state index contributed by atoms with van der Waals surface area (Å²) in [4.78, 5) is 15.9. The van der Waals surface area contributed by atoms with Crippen molar-refractivity contribution in [3.8, 4) is 11.5 Å². The van der Waals surface area contributed by atoms with Crippen molar-refractivity contribution in [3.05, 3.63) is 50.2 Å². The number of hydrogen-bond donors (Lipinski definition) is 3. The molecule has 0 spiro atoms. The monoisotopic (exact) mass is 427 g/mol. The van der Waals surface area contributed by atoms with Crippen LogP contribution in [0.1, 0.15) is 21.6 Å². The van der Waals surface area contributed by atoms with Gasteiger partial charge in [-0.05, 0) is 57.0 Å². The van der Waals surface area contributed by atoms with Crippen molar-refractivity contribution in [1.82, 2.24) is 10.4 Å². The summed E-state index contributed by atoms with van der Waals surface area (Å²) in [5, 5.41) is 23.1. The van der Waals surface area contributed by atoms with Gasteiger partial charge in [0.15, 0.2) is 11.5 Å². The van der Waals surface area contributed by atoms with Gasteiger partial charge in [-0.1, -0.05) is 0 Å². The van der Waals surface area contributed by atoms with E-state index >= 15 is 0 Å². The lowest BCUT2D eigenvalue weighted by Gasteiger charge is -2.06. The Morgan fingerprint density at radius 3 is 2.68 bits per heavy atom. The standard InChI is InChI=1S/C14H11Br2N3O3/c1-7-2-3-8(5-17-7)14(22)19-18-6-9-4-10(15)12(20)13(21)11(9)16/h2-6,20-21H,1H3,(H,19,22)/b18-6+. The number of hydrazone groups is 1. The van der Waals surface area contributed by atoms with Crippen molar-refractivity contribution in [2.75, 3.05) is 0 Å².